The van der Waals surface area contributed by atoms with E-state index >= 15 is 0 Å². The molecule has 0 aliphatic carbocycles. The molecule has 0 saturated carbocycles. The van der Waals surface area contributed by atoms with Crippen molar-refractivity contribution in [3.05, 3.63) is 71.6 Å². The third kappa shape index (κ3) is 8.31. The van der Waals surface area contributed by atoms with Gasteiger partial charge in [0.2, 0.25) is 23.0 Å². The lowest BCUT2D eigenvalue weighted by molar-refractivity contribution is -0.664. The van der Waals surface area contributed by atoms with Crippen molar-refractivity contribution in [1.29, 1.82) is 0 Å². The van der Waals surface area contributed by atoms with E-state index < -0.39 is 40.9 Å². The molecule has 2 atom stereocenters. The number of aryl methyl sites for hydroxylation is 1. The van der Waals surface area contributed by atoms with E-state index in [-0.39, 0.29) is 42.1 Å². The van der Waals surface area contributed by atoms with E-state index in [1.54, 1.807) is 65.4 Å². The number of rotatable bonds is 13. The lowest BCUT2D eigenvalue weighted by Crippen LogP contribution is -2.71. The number of ether oxygens (including phenoxy) is 3. The number of nitrogens with one attached hydrogen (secondary N) is 2. The number of thioether (sulfide) groups is 1. The molecule has 0 radical (unpaired) electrons. The summed E-state index contributed by atoms with van der Waals surface area (Å²) in [5.41, 5.74) is 2.12. The minimum Gasteiger partial charge on any atom is -0.497 e. The predicted molar refractivity (Wildman–Crippen MR) is 198 cm³/mol. The molecule has 2 unspecified atom stereocenters. The summed E-state index contributed by atoms with van der Waals surface area (Å²) in [6.45, 7) is 9.97. The van der Waals surface area contributed by atoms with Crippen LogP contribution in [-0.2, 0) is 48.4 Å². The Morgan fingerprint density at radius 3 is 2.61 bits per heavy atom. The maximum Gasteiger partial charge on any atom is 0.414 e. The molecule has 1 aromatic carbocycles. The van der Waals surface area contributed by atoms with Gasteiger partial charge >= 0.3 is 17.7 Å². The molecule has 2 aliphatic rings. The fraction of sp³-hybridized carbons (Fsp3) is 0.400. The van der Waals surface area contributed by atoms with Crippen molar-refractivity contribution in [3.8, 4) is 5.75 Å². The van der Waals surface area contributed by atoms with Crippen LogP contribution in [-0.4, -0.2) is 89.9 Å². The monoisotopic (exact) mass is 778 g/mol. The van der Waals surface area contributed by atoms with Crippen LogP contribution in [0.1, 0.15) is 46.0 Å². The van der Waals surface area contributed by atoms with Crippen LogP contribution in [0.2, 0.25) is 0 Å². The number of anilines is 1. The fourth-order valence-corrected chi connectivity index (χ4v) is 7.57. The number of benzene rings is 1. The number of fused-ring (bicyclic) bond motifs is 2. The summed E-state index contributed by atoms with van der Waals surface area (Å²) in [6, 6.07) is 9.97. The van der Waals surface area contributed by atoms with Crippen LogP contribution in [0, 0.1) is 0 Å². The Morgan fingerprint density at radius 1 is 1.13 bits per heavy atom. The number of nitrogens with zero attached hydrogens (tertiary/aromatic N) is 7. The summed E-state index contributed by atoms with van der Waals surface area (Å²) < 4.78 is 24.4. The van der Waals surface area contributed by atoms with Gasteiger partial charge in [-0.3, -0.25) is 19.8 Å². The minimum atomic E-state index is -1.02. The largest absolute Gasteiger partial charge is 0.497 e. The fourth-order valence-electron chi connectivity index (χ4n) is 5.68. The molecule has 1 saturated heterocycles. The van der Waals surface area contributed by atoms with E-state index in [0.717, 1.165) is 34.8 Å². The number of oxime groups is 1. The Balaban J connectivity index is 1.23. The molecule has 1 fully saturated rings. The zero-order valence-electron chi connectivity index (χ0n) is 30.5. The molecular formula is C35H40N9O8S2+. The van der Waals surface area contributed by atoms with Crippen LogP contribution < -0.4 is 19.9 Å². The van der Waals surface area contributed by atoms with E-state index in [4.69, 9.17) is 19.0 Å². The first-order chi connectivity index (χ1) is 25.9. The van der Waals surface area contributed by atoms with Crippen LogP contribution in [0.3, 0.4) is 0 Å². The number of methoxy groups -OCH3 is 1. The van der Waals surface area contributed by atoms with Gasteiger partial charge in [-0.2, -0.15) is 9.36 Å². The number of esters is 1. The van der Waals surface area contributed by atoms with Gasteiger partial charge in [0.1, 0.15) is 53.7 Å². The molecule has 0 spiro atoms. The predicted octanol–water partition coefficient (Wildman–Crippen LogP) is 3.39. The number of β-lactam (4-membered cyclic amide) rings is 1. The number of amides is 3. The van der Waals surface area contributed by atoms with Gasteiger partial charge in [0.05, 0.1) is 13.3 Å². The second-order valence-electron chi connectivity index (χ2n) is 13.0. The van der Waals surface area contributed by atoms with E-state index in [9.17, 15) is 19.2 Å². The third-order valence-electron chi connectivity index (χ3n) is 8.15. The lowest BCUT2D eigenvalue weighted by Gasteiger charge is -2.49. The van der Waals surface area contributed by atoms with Crippen molar-refractivity contribution in [2.45, 2.75) is 71.3 Å². The average Bonchev–Trinajstić information content (AvgIpc) is 3.79. The number of pyridine rings is 1. The van der Waals surface area contributed by atoms with Gasteiger partial charge in [0.15, 0.2) is 0 Å². The highest BCUT2D eigenvalue weighted by molar-refractivity contribution is 8.00. The number of carbonyl (C=O) groups is 4. The van der Waals surface area contributed by atoms with Crippen molar-refractivity contribution in [3.63, 3.8) is 0 Å². The van der Waals surface area contributed by atoms with Gasteiger partial charge in [-0.15, -0.1) is 11.8 Å². The van der Waals surface area contributed by atoms with Gasteiger partial charge in [-0.05, 0) is 69.4 Å². The summed E-state index contributed by atoms with van der Waals surface area (Å²) in [4.78, 5) is 69.1. The summed E-state index contributed by atoms with van der Waals surface area (Å²) in [7, 11) is 1.57. The first-order valence-electron chi connectivity index (χ1n) is 17.1. The normalized spacial score (nSPS) is 17.1. The molecule has 19 heteroatoms. The highest BCUT2D eigenvalue weighted by Gasteiger charge is 2.55. The van der Waals surface area contributed by atoms with Crippen molar-refractivity contribution >= 4 is 69.2 Å². The van der Waals surface area contributed by atoms with Gasteiger partial charge in [0, 0.05) is 29.4 Å². The summed E-state index contributed by atoms with van der Waals surface area (Å²) in [6.07, 6.45) is 2.89. The second kappa shape index (κ2) is 16.2. The number of imidazole rings is 1. The first-order valence-corrected chi connectivity index (χ1v) is 18.9. The third-order valence-corrected chi connectivity index (χ3v) is 10.1. The van der Waals surface area contributed by atoms with E-state index in [0.29, 0.717) is 17.1 Å². The molecule has 6 rings (SSSR count). The Labute approximate surface area is 318 Å². The number of aromatic nitrogens is 5. The van der Waals surface area contributed by atoms with Crippen LogP contribution in [0.25, 0.3) is 11.2 Å². The van der Waals surface area contributed by atoms with Crippen molar-refractivity contribution in [1.82, 2.24) is 29.1 Å². The molecule has 17 nitrogen and oxygen atoms in total. The molecular weight excluding hydrogens is 739 g/mol. The topological polar surface area (TPSA) is 192 Å². The van der Waals surface area contributed by atoms with E-state index in [1.807, 2.05) is 34.4 Å². The summed E-state index contributed by atoms with van der Waals surface area (Å²) >= 11 is 2.21. The smallest absolute Gasteiger partial charge is 0.414 e. The van der Waals surface area contributed by atoms with Gasteiger partial charge in [0.25, 0.3) is 11.8 Å². The highest BCUT2D eigenvalue weighted by atomic mass is 32.2. The summed E-state index contributed by atoms with van der Waals surface area (Å²) in [5, 5.41) is 8.56. The van der Waals surface area contributed by atoms with Crippen molar-refractivity contribution in [2.75, 3.05) is 24.8 Å². The molecule has 0 bridgehead atoms. The molecule has 3 amide bonds. The van der Waals surface area contributed by atoms with Crippen LogP contribution >= 0.6 is 23.3 Å². The summed E-state index contributed by atoms with van der Waals surface area (Å²) in [5.74, 6) is -1.07. The standard InChI is InChI=1S/C35H39N9O8S2/c1-7-42-19-36-28-23(42)10-9-15-43(28)16-21-18-53-31-25(30(46)44(31)26(21)32(47)50-17-20-11-13-22(49-6)14-12-20)37-29(45)24(40-51-8-2)27-38-33(54-41-27)39-34(48)52-35(3,4)5/h9-15,19,25,31H,7-8,16-18H2,1-6H3,(H-,37,38,39,41,45,48)/p+1/b40-24-. The second-order valence-corrected chi connectivity index (χ2v) is 14.9. The van der Waals surface area contributed by atoms with E-state index in [1.165, 1.54) is 16.7 Å². The maximum absolute atomic E-state index is 13.9. The van der Waals surface area contributed by atoms with Gasteiger partial charge < -0.3 is 28.9 Å². The molecule has 284 valence electrons. The molecule has 3 aromatic heterocycles. The van der Waals surface area contributed by atoms with Crippen molar-refractivity contribution in [2.24, 2.45) is 5.16 Å². The molecule has 2 aliphatic heterocycles. The van der Waals surface area contributed by atoms with Gasteiger partial charge in [-0.25, -0.2) is 14.2 Å². The Hall–Kier alpha value is -5.56. The van der Waals surface area contributed by atoms with Crippen molar-refractivity contribution < 1.29 is 42.8 Å². The molecule has 54 heavy (non-hydrogen) atoms. The Bertz CT molecular complexity index is 2120. The minimum absolute atomic E-state index is 0.0358. The van der Waals surface area contributed by atoms with Crippen LogP contribution in [0.5, 0.6) is 5.75 Å². The maximum atomic E-state index is 13.9. The first kappa shape index (κ1) is 38.2. The lowest BCUT2D eigenvalue weighted by atomic mass is 10.0. The number of hydrogen-bond acceptors (Lipinski definition) is 14. The van der Waals surface area contributed by atoms with E-state index in [2.05, 4.69) is 30.1 Å². The zero-order valence-corrected chi connectivity index (χ0v) is 32.2. The SMILES string of the molecule is CCO/N=C(\C(=O)NC1C(=O)N2C(C(=O)OCc3ccc(OC)cc3)=C(C[n+]3cccc4c3ncn4CC)CSC12)c1nsc(NC(=O)OC(C)(C)C)n1. The highest BCUT2D eigenvalue weighted by Crippen LogP contribution is 2.41. The Morgan fingerprint density at radius 2 is 1.91 bits per heavy atom. The zero-order chi connectivity index (χ0) is 38.6. The number of hydrogen-bond donors (Lipinski definition) is 2. The molecule has 4 aromatic rings. The molecule has 2 N–H and O–H groups in total. The number of carbonyl (C=O) groups excluding carboxylic acids is 4. The van der Waals surface area contributed by atoms with Gasteiger partial charge in [-0.1, -0.05) is 17.3 Å². The average molecular weight is 779 g/mol. The quantitative estimate of drug-likeness (QED) is 0.0662. The molecule has 5 heterocycles. The van der Waals surface area contributed by atoms with Crippen LogP contribution in [0.15, 0.2) is 65.3 Å². The Kier molecular flexibility index (Phi) is 11.5. The van der Waals surface area contributed by atoms with Crippen LogP contribution in [0.4, 0.5) is 9.93 Å².